The van der Waals surface area contributed by atoms with E-state index in [0.29, 0.717) is 32.0 Å². The number of sulfonamides is 1. The molecule has 1 fully saturated rings. The van der Waals surface area contributed by atoms with Crippen LogP contribution in [0.2, 0.25) is 5.02 Å². The van der Waals surface area contributed by atoms with Gasteiger partial charge in [-0.1, -0.05) is 11.6 Å². The van der Waals surface area contributed by atoms with Gasteiger partial charge in [0.15, 0.2) is 0 Å². The van der Waals surface area contributed by atoms with E-state index in [-0.39, 0.29) is 25.5 Å². The molecule has 204 valence electrons. The number of carbonyl (C=O) groups excluding carboxylic acids is 1. The summed E-state index contributed by atoms with van der Waals surface area (Å²) in [6, 6.07) is 14.0. The number of nitrogens with zero attached hydrogens (tertiary/aromatic N) is 5. The molecule has 0 saturated carbocycles. The normalized spacial score (nSPS) is 16.7. The van der Waals surface area contributed by atoms with E-state index < -0.39 is 10.0 Å². The fourth-order valence-corrected chi connectivity index (χ4v) is 6.32. The van der Waals surface area contributed by atoms with Crippen molar-refractivity contribution >= 4 is 44.7 Å². The molecule has 1 N–H and O–H groups in total. The monoisotopic (exact) mass is 558 g/mol. The highest BCUT2D eigenvalue weighted by Crippen LogP contribution is 2.31. The smallest absolute Gasteiger partial charge is 0.263 e. The SMILES string of the molecule is Cc1nccc(NS(=O)(=O)c2ccc(N3CCN(C(=O)[C@@H](C)N4CCCc5cc(Cl)ccc54)CC3)cc2)n1.[HH].[HH]. The quantitative estimate of drug-likeness (QED) is 0.483. The Morgan fingerprint density at radius 1 is 1.05 bits per heavy atom. The molecule has 0 spiro atoms. The molecule has 2 aliphatic rings. The lowest BCUT2D eigenvalue weighted by atomic mass is 10.00. The van der Waals surface area contributed by atoms with Crippen molar-refractivity contribution in [3.05, 3.63) is 71.1 Å². The van der Waals surface area contributed by atoms with E-state index in [2.05, 4.69) is 24.5 Å². The Kier molecular flexibility index (Phi) is 7.45. The highest BCUT2D eigenvalue weighted by atomic mass is 35.5. The number of amides is 1. The van der Waals surface area contributed by atoms with E-state index in [0.717, 1.165) is 35.8 Å². The highest BCUT2D eigenvalue weighted by Gasteiger charge is 2.31. The number of nitrogens with one attached hydrogen (secondary N) is 1. The molecule has 1 amide bonds. The number of fused-ring (bicyclic) bond motifs is 1. The molecule has 0 bridgehead atoms. The van der Waals surface area contributed by atoms with E-state index in [4.69, 9.17) is 11.6 Å². The summed E-state index contributed by atoms with van der Waals surface area (Å²) in [7, 11) is -3.77. The van der Waals surface area contributed by atoms with Gasteiger partial charge in [0.05, 0.1) is 4.90 Å². The van der Waals surface area contributed by atoms with Crippen LogP contribution in [0.5, 0.6) is 0 Å². The molecule has 5 rings (SSSR count). The van der Waals surface area contributed by atoms with Crippen LogP contribution in [-0.2, 0) is 21.2 Å². The van der Waals surface area contributed by atoms with Crippen LogP contribution in [0.25, 0.3) is 0 Å². The van der Waals surface area contributed by atoms with Gasteiger partial charge in [0.2, 0.25) is 5.91 Å². The molecular weight excluding hydrogens is 524 g/mol. The van der Waals surface area contributed by atoms with Crippen molar-refractivity contribution in [1.29, 1.82) is 0 Å². The van der Waals surface area contributed by atoms with Crippen molar-refractivity contribution in [2.45, 2.75) is 37.6 Å². The van der Waals surface area contributed by atoms with Gasteiger partial charge in [0.1, 0.15) is 17.7 Å². The summed E-state index contributed by atoms with van der Waals surface area (Å²) < 4.78 is 28.0. The van der Waals surface area contributed by atoms with Crippen molar-refractivity contribution in [2.24, 2.45) is 0 Å². The maximum atomic E-state index is 13.4. The lowest BCUT2D eigenvalue weighted by Crippen LogP contribution is -2.55. The van der Waals surface area contributed by atoms with Crippen molar-refractivity contribution in [3.8, 4) is 0 Å². The lowest BCUT2D eigenvalue weighted by molar-refractivity contribution is -0.132. The van der Waals surface area contributed by atoms with Gasteiger partial charge < -0.3 is 14.7 Å². The van der Waals surface area contributed by atoms with Gasteiger partial charge in [-0.3, -0.25) is 9.52 Å². The number of aromatic nitrogens is 2. The number of aryl methyl sites for hydroxylation is 2. The van der Waals surface area contributed by atoms with Crippen LogP contribution < -0.4 is 14.5 Å². The average molecular weight is 559 g/mol. The maximum absolute atomic E-state index is 13.4. The summed E-state index contributed by atoms with van der Waals surface area (Å²) in [5.41, 5.74) is 3.21. The minimum absolute atomic E-state index is 0. The summed E-state index contributed by atoms with van der Waals surface area (Å²) in [5, 5.41) is 0.725. The van der Waals surface area contributed by atoms with Gasteiger partial charge in [-0.25, -0.2) is 18.4 Å². The van der Waals surface area contributed by atoms with Gasteiger partial charge in [-0.05, 0) is 80.8 Å². The molecule has 3 heterocycles. The number of rotatable bonds is 6. The Labute approximate surface area is 231 Å². The molecule has 3 aromatic rings. The Morgan fingerprint density at radius 3 is 2.50 bits per heavy atom. The Hall–Kier alpha value is -3.37. The Balaban J connectivity index is 0.00000220. The van der Waals surface area contributed by atoms with Crippen LogP contribution in [0.4, 0.5) is 17.2 Å². The molecule has 9 nitrogen and oxygen atoms in total. The second kappa shape index (κ2) is 10.8. The van der Waals surface area contributed by atoms with Gasteiger partial charge in [0.25, 0.3) is 10.0 Å². The average Bonchev–Trinajstić information content (AvgIpc) is 2.91. The number of halogens is 1. The molecule has 2 aromatic carbocycles. The molecule has 1 atom stereocenters. The summed E-state index contributed by atoms with van der Waals surface area (Å²) in [5.74, 6) is 0.839. The summed E-state index contributed by atoms with van der Waals surface area (Å²) in [6.45, 7) is 7.10. The van der Waals surface area contributed by atoms with Gasteiger partial charge in [-0.2, -0.15) is 0 Å². The van der Waals surface area contributed by atoms with Crippen molar-refractivity contribution < 1.29 is 16.1 Å². The van der Waals surface area contributed by atoms with Crippen LogP contribution in [-0.4, -0.2) is 68.0 Å². The second-order valence-corrected chi connectivity index (χ2v) is 11.8. The van der Waals surface area contributed by atoms with Crippen LogP contribution in [0.1, 0.15) is 27.6 Å². The third kappa shape index (κ3) is 5.56. The number of benzene rings is 2. The molecule has 11 heteroatoms. The van der Waals surface area contributed by atoms with Gasteiger partial charge in [-0.15, -0.1) is 0 Å². The maximum Gasteiger partial charge on any atom is 0.263 e. The second-order valence-electron chi connectivity index (χ2n) is 9.65. The van der Waals surface area contributed by atoms with Crippen molar-refractivity contribution in [1.82, 2.24) is 14.9 Å². The number of piperazine rings is 1. The predicted molar refractivity (Wildman–Crippen MR) is 154 cm³/mol. The van der Waals surface area contributed by atoms with Crippen LogP contribution in [0.15, 0.2) is 59.6 Å². The molecule has 0 radical (unpaired) electrons. The molecule has 0 aliphatic carbocycles. The zero-order valence-corrected chi connectivity index (χ0v) is 23.0. The van der Waals surface area contributed by atoms with Crippen molar-refractivity contribution in [3.63, 3.8) is 0 Å². The minimum atomic E-state index is -3.77. The number of carbonyl (C=O) groups is 1. The zero-order valence-electron chi connectivity index (χ0n) is 21.5. The number of anilines is 3. The largest absolute Gasteiger partial charge is 0.368 e. The summed E-state index contributed by atoms with van der Waals surface area (Å²) in [4.78, 5) is 27.9. The van der Waals surface area contributed by atoms with Crippen LogP contribution in [0, 0.1) is 6.92 Å². The molecular formula is C27H35ClN6O3S. The standard InChI is InChI=1S/C27H31ClN6O3S.2H2/c1-19(34-13-3-4-21-18-22(28)5-10-25(21)34)27(35)33-16-14-32(15-17-33)23-6-8-24(9-7-23)38(36,37)31-26-11-12-29-20(2)30-26;;/h5-12,18-19H,3-4,13-17H2,1-2H3,(H,29,30,31);2*1H/t19-;;/m1../s1. The topological polar surface area (TPSA) is 98.7 Å². The first kappa shape index (κ1) is 26.2. The van der Waals surface area contributed by atoms with E-state index >= 15 is 0 Å². The summed E-state index contributed by atoms with van der Waals surface area (Å²) in [6.07, 6.45) is 3.48. The van der Waals surface area contributed by atoms with E-state index in [1.54, 1.807) is 31.2 Å². The fourth-order valence-electron chi connectivity index (χ4n) is 5.13. The Bertz CT molecular complexity index is 1440. The third-order valence-electron chi connectivity index (χ3n) is 7.14. The van der Waals surface area contributed by atoms with Crippen LogP contribution >= 0.6 is 11.6 Å². The predicted octanol–water partition coefficient (Wildman–Crippen LogP) is 4.22. The molecule has 2 aliphatic heterocycles. The molecule has 0 unspecified atom stereocenters. The first-order valence-electron chi connectivity index (χ1n) is 12.7. The molecule has 1 aromatic heterocycles. The Morgan fingerprint density at radius 2 is 1.79 bits per heavy atom. The van der Waals surface area contributed by atoms with E-state index in [9.17, 15) is 13.2 Å². The zero-order chi connectivity index (χ0) is 26.9. The summed E-state index contributed by atoms with van der Waals surface area (Å²) >= 11 is 6.19. The van der Waals surface area contributed by atoms with Crippen molar-refractivity contribution in [2.75, 3.05) is 47.2 Å². The first-order valence-corrected chi connectivity index (χ1v) is 14.6. The third-order valence-corrected chi connectivity index (χ3v) is 8.75. The molecule has 38 heavy (non-hydrogen) atoms. The molecule has 1 saturated heterocycles. The number of hydrogen-bond donors (Lipinski definition) is 1. The minimum Gasteiger partial charge on any atom is -0.368 e. The van der Waals surface area contributed by atoms with Gasteiger partial charge in [0, 0.05) is 58.2 Å². The van der Waals surface area contributed by atoms with Gasteiger partial charge >= 0.3 is 0 Å². The first-order chi connectivity index (χ1) is 18.2. The lowest BCUT2D eigenvalue weighted by Gasteiger charge is -2.41. The van der Waals surface area contributed by atoms with E-state index in [1.165, 1.54) is 17.8 Å². The van der Waals surface area contributed by atoms with E-state index in [1.807, 2.05) is 30.0 Å². The van der Waals surface area contributed by atoms with Crippen LogP contribution in [0.3, 0.4) is 0 Å². The fraction of sp³-hybridized carbons (Fsp3) is 0.370. The highest BCUT2D eigenvalue weighted by molar-refractivity contribution is 7.92. The number of hydrogen-bond acceptors (Lipinski definition) is 7.